The zero-order valence-corrected chi connectivity index (χ0v) is 22.9. The Balaban J connectivity index is 1.10. The second-order valence-corrected chi connectivity index (χ2v) is 11.3. The molecule has 40 heavy (non-hydrogen) atoms. The van der Waals surface area contributed by atoms with Crippen molar-refractivity contribution in [3.63, 3.8) is 0 Å². The Morgan fingerprint density at radius 2 is 1.65 bits per heavy atom. The van der Waals surface area contributed by atoms with Crippen molar-refractivity contribution in [2.75, 3.05) is 23.3 Å². The maximum atomic E-state index is 13.8. The van der Waals surface area contributed by atoms with Gasteiger partial charge in [-0.3, -0.25) is 4.68 Å². The summed E-state index contributed by atoms with van der Waals surface area (Å²) in [4.78, 5) is 11.5. The summed E-state index contributed by atoms with van der Waals surface area (Å²) >= 11 is 0. The van der Waals surface area contributed by atoms with Crippen LogP contribution in [0.4, 0.5) is 20.3 Å². The standard InChI is InChI=1S/C32H36F2N6/c1-39-21-36-32(38-39)23-8-11-27(12-9-23)40-16-4-5-22(20-40)17-26-6-2-3-7-30(26)37-31-19-25(14-15-35-31)24-10-13-28(33)29(34)18-24/h8-15,18-19,21-22,26,30H,2-7,16-17,20H2,1H3,(H,35,37)/t22-,26+,30-/m1/s1. The van der Waals surface area contributed by atoms with Crippen molar-refractivity contribution in [2.45, 2.75) is 51.0 Å². The van der Waals surface area contributed by atoms with Gasteiger partial charge < -0.3 is 10.2 Å². The summed E-state index contributed by atoms with van der Waals surface area (Å²) in [6.07, 6.45) is 12.0. The highest BCUT2D eigenvalue weighted by atomic mass is 19.2. The Kier molecular flexibility index (Phi) is 7.75. The van der Waals surface area contributed by atoms with E-state index in [4.69, 9.17) is 0 Å². The SMILES string of the molecule is Cn1cnc(-c2ccc(N3CCC[C@H](C[C@@H]4CCCC[C@H]4Nc4cc(-c5ccc(F)c(F)c5)ccn4)C3)cc2)n1. The molecule has 2 aliphatic rings. The Morgan fingerprint density at radius 3 is 2.45 bits per heavy atom. The van der Waals surface area contributed by atoms with E-state index in [0.29, 0.717) is 23.4 Å². The Hall–Kier alpha value is -3.81. The van der Waals surface area contributed by atoms with Crippen molar-refractivity contribution >= 4 is 11.5 Å². The minimum atomic E-state index is -0.834. The number of anilines is 2. The Bertz CT molecular complexity index is 1440. The van der Waals surface area contributed by atoms with E-state index >= 15 is 0 Å². The lowest BCUT2D eigenvalue weighted by Crippen LogP contribution is -2.39. The van der Waals surface area contributed by atoms with Gasteiger partial charge in [0.05, 0.1) is 0 Å². The van der Waals surface area contributed by atoms with E-state index in [-0.39, 0.29) is 0 Å². The second kappa shape index (κ2) is 11.7. The summed E-state index contributed by atoms with van der Waals surface area (Å²) in [7, 11) is 1.88. The van der Waals surface area contributed by atoms with Crippen molar-refractivity contribution in [1.82, 2.24) is 19.7 Å². The highest BCUT2D eigenvalue weighted by Crippen LogP contribution is 2.36. The Morgan fingerprint density at radius 1 is 0.850 bits per heavy atom. The van der Waals surface area contributed by atoms with Gasteiger partial charge >= 0.3 is 0 Å². The van der Waals surface area contributed by atoms with Gasteiger partial charge in [-0.15, -0.1) is 0 Å². The average molecular weight is 543 g/mol. The molecule has 1 saturated carbocycles. The molecule has 0 unspecified atom stereocenters. The molecule has 2 aromatic heterocycles. The largest absolute Gasteiger partial charge is 0.371 e. The first-order valence-electron chi connectivity index (χ1n) is 14.4. The Labute approximate surface area is 234 Å². The number of nitrogens with zero attached hydrogens (tertiary/aromatic N) is 5. The van der Waals surface area contributed by atoms with Gasteiger partial charge in [-0.1, -0.05) is 18.9 Å². The predicted octanol–water partition coefficient (Wildman–Crippen LogP) is 7.10. The molecule has 208 valence electrons. The number of rotatable bonds is 7. The van der Waals surface area contributed by atoms with Crippen LogP contribution in [0.3, 0.4) is 0 Å². The van der Waals surface area contributed by atoms with Crippen LogP contribution in [0.5, 0.6) is 0 Å². The minimum Gasteiger partial charge on any atom is -0.371 e. The van der Waals surface area contributed by atoms with E-state index in [1.54, 1.807) is 23.3 Å². The fourth-order valence-electron chi connectivity index (χ4n) is 6.45. The zero-order valence-electron chi connectivity index (χ0n) is 22.9. The van der Waals surface area contributed by atoms with Gasteiger partial charge in [0.15, 0.2) is 17.5 Å². The molecule has 3 heterocycles. The number of benzene rings is 2. The lowest BCUT2D eigenvalue weighted by Gasteiger charge is -2.39. The molecule has 2 aromatic carbocycles. The van der Waals surface area contributed by atoms with Crippen LogP contribution in [0.25, 0.3) is 22.5 Å². The predicted molar refractivity (Wildman–Crippen MR) is 155 cm³/mol. The molecule has 1 saturated heterocycles. The van der Waals surface area contributed by atoms with Crippen LogP contribution in [-0.4, -0.2) is 38.9 Å². The monoisotopic (exact) mass is 542 g/mol. The van der Waals surface area contributed by atoms with Gasteiger partial charge in [0.25, 0.3) is 0 Å². The topological polar surface area (TPSA) is 58.9 Å². The lowest BCUT2D eigenvalue weighted by atomic mass is 9.77. The van der Waals surface area contributed by atoms with E-state index in [1.807, 2.05) is 19.2 Å². The van der Waals surface area contributed by atoms with Crippen molar-refractivity contribution in [2.24, 2.45) is 18.9 Å². The maximum absolute atomic E-state index is 13.8. The fourth-order valence-corrected chi connectivity index (χ4v) is 6.45. The van der Waals surface area contributed by atoms with Crippen LogP contribution >= 0.6 is 0 Å². The number of piperidine rings is 1. The first-order chi connectivity index (χ1) is 19.5. The molecule has 0 spiro atoms. The molecule has 1 aliphatic heterocycles. The molecule has 0 amide bonds. The third-order valence-corrected chi connectivity index (χ3v) is 8.50. The molecule has 3 atom stereocenters. The van der Waals surface area contributed by atoms with Crippen LogP contribution in [0.15, 0.2) is 67.1 Å². The van der Waals surface area contributed by atoms with E-state index in [1.165, 1.54) is 56.3 Å². The first-order valence-corrected chi connectivity index (χ1v) is 14.4. The molecule has 6 rings (SSSR count). The molecular weight excluding hydrogens is 506 g/mol. The van der Waals surface area contributed by atoms with Crippen LogP contribution in [-0.2, 0) is 7.05 Å². The summed E-state index contributed by atoms with van der Waals surface area (Å²) in [6, 6.07) is 16.8. The maximum Gasteiger partial charge on any atom is 0.181 e. The highest BCUT2D eigenvalue weighted by molar-refractivity contribution is 5.66. The summed E-state index contributed by atoms with van der Waals surface area (Å²) < 4.78 is 29.0. The summed E-state index contributed by atoms with van der Waals surface area (Å²) in [5.74, 6) is 1.13. The molecule has 6 nitrogen and oxygen atoms in total. The van der Waals surface area contributed by atoms with Crippen molar-refractivity contribution in [3.05, 3.63) is 78.8 Å². The third kappa shape index (κ3) is 6.01. The number of nitrogens with one attached hydrogen (secondary N) is 1. The van der Waals surface area contributed by atoms with Gasteiger partial charge in [0, 0.05) is 43.6 Å². The van der Waals surface area contributed by atoms with Crippen molar-refractivity contribution < 1.29 is 8.78 Å². The fraction of sp³-hybridized carbons (Fsp3) is 0.406. The van der Waals surface area contributed by atoms with E-state index < -0.39 is 11.6 Å². The zero-order chi connectivity index (χ0) is 27.5. The number of pyridine rings is 1. The van der Waals surface area contributed by atoms with Crippen molar-refractivity contribution in [1.29, 1.82) is 0 Å². The average Bonchev–Trinajstić information content (AvgIpc) is 3.42. The minimum absolute atomic E-state index is 0.363. The number of aryl methyl sites for hydroxylation is 1. The number of aromatic nitrogens is 4. The van der Waals surface area contributed by atoms with Gasteiger partial charge in [-0.05, 0) is 104 Å². The molecule has 8 heteroatoms. The normalized spacial score (nSPS) is 21.4. The first kappa shape index (κ1) is 26.4. The smallest absolute Gasteiger partial charge is 0.181 e. The molecular formula is C32H36F2N6. The lowest BCUT2D eigenvalue weighted by molar-refractivity contribution is 0.247. The van der Waals surface area contributed by atoms with Crippen LogP contribution in [0.1, 0.15) is 44.9 Å². The summed E-state index contributed by atoms with van der Waals surface area (Å²) in [6.45, 7) is 2.17. The second-order valence-electron chi connectivity index (χ2n) is 11.3. The number of hydrogen-bond acceptors (Lipinski definition) is 5. The molecule has 0 bridgehead atoms. The van der Waals surface area contributed by atoms with E-state index in [9.17, 15) is 8.78 Å². The van der Waals surface area contributed by atoms with Gasteiger partial charge in [0.1, 0.15) is 12.1 Å². The third-order valence-electron chi connectivity index (χ3n) is 8.50. The molecule has 1 aliphatic carbocycles. The van der Waals surface area contributed by atoms with E-state index in [0.717, 1.165) is 42.3 Å². The molecule has 0 radical (unpaired) electrons. The van der Waals surface area contributed by atoms with Crippen LogP contribution in [0.2, 0.25) is 0 Å². The molecule has 2 fully saturated rings. The van der Waals surface area contributed by atoms with Gasteiger partial charge in [-0.25, -0.2) is 18.7 Å². The van der Waals surface area contributed by atoms with Gasteiger partial charge in [0.2, 0.25) is 0 Å². The quantitative estimate of drug-likeness (QED) is 0.270. The number of halogens is 2. The van der Waals surface area contributed by atoms with E-state index in [2.05, 4.69) is 49.5 Å². The molecule has 4 aromatic rings. The van der Waals surface area contributed by atoms with Gasteiger partial charge in [-0.2, -0.15) is 5.10 Å². The highest BCUT2D eigenvalue weighted by Gasteiger charge is 2.30. The summed E-state index contributed by atoms with van der Waals surface area (Å²) in [5, 5.41) is 8.13. The number of hydrogen-bond donors (Lipinski definition) is 1. The molecule has 1 N–H and O–H groups in total. The van der Waals surface area contributed by atoms with Crippen molar-refractivity contribution in [3.8, 4) is 22.5 Å². The van der Waals surface area contributed by atoms with Crippen LogP contribution in [0, 0.1) is 23.5 Å². The van der Waals surface area contributed by atoms with Crippen LogP contribution < -0.4 is 10.2 Å². The summed E-state index contributed by atoms with van der Waals surface area (Å²) in [5.41, 5.74) is 3.78.